The maximum Gasteiger partial charge on any atom is 0.146 e. The Morgan fingerprint density at radius 2 is 2.05 bits per heavy atom. The van der Waals surface area contributed by atoms with Crippen molar-refractivity contribution in [1.82, 2.24) is 0 Å². The van der Waals surface area contributed by atoms with Crippen LogP contribution in [0.2, 0.25) is 0 Å². The Balaban J connectivity index is 1.96. The SMILES string of the molecule is Cc1cccc(CCNc2ccc(C(N)=S)cc2F)c1. The number of thiocarbonyl (C=S) groups is 1. The number of rotatable bonds is 5. The fraction of sp³-hybridized carbons (Fsp3) is 0.188. The molecule has 2 aromatic carbocycles. The standard InChI is InChI=1S/C16H17FN2S/c1-11-3-2-4-12(9-11)7-8-19-15-6-5-13(16(18)20)10-14(15)17/h2-6,9-10,19H,7-8H2,1H3,(H2,18,20). The predicted molar refractivity (Wildman–Crippen MR) is 85.7 cm³/mol. The number of benzene rings is 2. The van der Waals surface area contributed by atoms with Gasteiger partial charge >= 0.3 is 0 Å². The van der Waals surface area contributed by atoms with Crippen LogP contribution >= 0.6 is 12.2 Å². The van der Waals surface area contributed by atoms with Crippen LogP contribution in [0, 0.1) is 12.7 Å². The minimum Gasteiger partial charge on any atom is -0.389 e. The summed E-state index contributed by atoms with van der Waals surface area (Å²) in [5, 5.41) is 3.09. The van der Waals surface area contributed by atoms with Gasteiger partial charge < -0.3 is 11.1 Å². The van der Waals surface area contributed by atoms with Gasteiger partial charge in [0.15, 0.2) is 0 Å². The molecule has 3 N–H and O–H groups in total. The summed E-state index contributed by atoms with van der Waals surface area (Å²) in [6.07, 6.45) is 0.845. The van der Waals surface area contributed by atoms with E-state index < -0.39 is 0 Å². The molecule has 0 bridgehead atoms. The molecule has 0 amide bonds. The molecule has 4 heteroatoms. The second-order valence-corrected chi connectivity index (χ2v) is 5.16. The molecule has 104 valence electrons. The third-order valence-corrected chi connectivity index (χ3v) is 3.30. The zero-order valence-corrected chi connectivity index (χ0v) is 12.1. The largest absolute Gasteiger partial charge is 0.389 e. The summed E-state index contributed by atoms with van der Waals surface area (Å²) in [4.78, 5) is 0.204. The van der Waals surface area contributed by atoms with Gasteiger partial charge in [-0.2, -0.15) is 0 Å². The van der Waals surface area contributed by atoms with Crippen LogP contribution in [-0.2, 0) is 6.42 Å². The zero-order valence-electron chi connectivity index (χ0n) is 11.3. The van der Waals surface area contributed by atoms with Crippen LogP contribution in [-0.4, -0.2) is 11.5 Å². The normalized spacial score (nSPS) is 10.3. The molecule has 0 unspecified atom stereocenters. The molecule has 2 aromatic rings. The van der Waals surface area contributed by atoms with Gasteiger partial charge in [0.05, 0.1) is 5.69 Å². The van der Waals surface area contributed by atoms with E-state index in [1.807, 2.05) is 6.07 Å². The highest BCUT2D eigenvalue weighted by Gasteiger charge is 2.04. The van der Waals surface area contributed by atoms with Crippen LogP contribution in [0.3, 0.4) is 0 Å². The summed E-state index contributed by atoms with van der Waals surface area (Å²) in [7, 11) is 0. The van der Waals surface area contributed by atoms with Crippen LogP contribution in [0.15, 0.2) is 42.5 Å². The smallest absolute Gasteiger partial charge is 0.146 e. The van der Waals surface area contributed by atoms with Crippen molar-refractivity contribution in [2.24, 2.45) is 5.73 Å². The number of aryl methyl sites for hydroxylation is 1. The number of hydrogen-bond acceptors (Lipinski definition) is 2. The van der Waals surface area contributed by atoms with Crippen LogP contribution in [0.1, 0.15) is 16.7 Å². The third-order valence-electron chi connectivity index (χ3n) is 3.07. The average Bonchev–Trinajstić information content (AvgIpc) is 2.40. The summed E-state index contributed by atoms with van der Waals surface area (Å²) in [5.74, 6) is -0.334. The lowest BCUT2D eigenvalue weighted by Gasteiger charge is -2.09. The molecule has 0 saturated carbocycles. The average molecular weight is 288 g/mol. The van der Waals surface area contributed by atoms with Gasteiger partial charge in [-0.1, -0.05) is 42.0 Å². The molecule has 20 heavy (non-hydrogen) atoms. The molecule has 2 nitrogen and oxygen atoms in total. The minimum atomic E-state index is -0.334. The van der Waals surface area contributed by atoms with Gasteiger partial charge in [-0.3, -0.25) is 0 Å². The summed E-state index contributed by atoms with van der Waals surface area (Å²) >= 11 is 4.82. The van der Waals surface area contributed by atoms with Crippen molar-refractivity contribution in [3.8, 4) is 0 Å². The molecule has 0 fully saturated rings. The predicted octanol–water partition coefficient (Wildman–Crippen LogP) is 3.42. The highest BCUT2D eigenvalue weighted by Crippen LogP contribution is 2.16. The van der Waals surface area contributed by atoms with E-state index in [1.165, 1.54) is 17.2 Å². The first-order chi connectivity index (χ1) is 9.56. The van der Waals surface area contributed by atoms with E-state index in [1.54, 1.807) is 12.1 Å². The van der Waals surface area contributed by atoms with E-state index in [0.29, 0.717) is 17.8 Å². The maximum absolute atomic E-state index is 13.8. The van der Waals surface area contributed by atoms with Crippen LogP contribution in [0.25, 0.3) is 0 Å². The number of anilines is 1. The van der Waals surface area contributed by atoms with Gasteiger partial charge in [-0.25, -0.2) is 4.39 Å². The van der Waals surface area contributed by atoms with Crippen LogP contribution < -0.4 is 11.1 Å². The summed E-state index contributed by atoms with van der Waals surface area (Å²) in [5.41, 5.74) is 8.95. The van der Waals surface area contributed by atoms with E-state index in [0.717, 1.165) is 6.42 Å². The van der Waals surface area contributed by atoms with Gasteiger partial charge in [0, 0.05) is 12.1 Å². The van der Waals surface area contributed by atoms with E-state index in [4.69, 9.17) is 18.0 Å². The minimum absolute atomic E-state index is 0.204. The number of halogens is 1. The Morgan fingerprint density at radius 1 is 1.25 bits per heavy atom. The van der Waals surface area contributed by atoms with Crippen molar-refractivity contribution in [3.63, 3.8) is 0 Å². The first kappa shape index (κ1) is 14.5. The number of hydrogen-bond donors (Lipinski definition) is 2. The first-order valence-electron chi connectivity index (χ1n) is 6.45. The Morgan fingerprint density at radius 3 is 2.70 bits per heavy atom. The Bertz CT molecular complexity index is 626. The highest BCUT2D eigenvalue weighted by atomic mass is 32.1. The van der Waals surface area contributed by atoms with Crippen molar-refractivity contribution >= 4 is 22.9 Å². The van der Waals surface area contributed by atoms with E-state index >= 15 is 0 Å². The summed E-state index contributed by atoms with van der Waals surface area (Å²) in [6.45, 7) is 2.73. The van der Waals surface area contributed by atoms with E-state index in [2.05, 4.69) is 30.4 Å². The van der Waals surface area contributed by atoms with E-state index in [9.17, 15) is 4.39 Å². The van der Waals surface area contributed by atoms with Gasteiger partial charge in [-0.05, 0) is 37.1 Å². The van der Waals surface area contributed by atoms with Crippen molar-refractivity contribution in [3.05, 3.63) is 65.0 Å². The number of nitrogens with two attached hydrogens (primary N) is 1. The molecule has 0 spiro atoms. The zero-order chi connectivity index (χ0) is 14.5. The van der Waals surface area contributed by atoms with Crippen LogP contribution in [0.4, 0.5) is 10.1 Å². The highest BCUT2D eigenvalue weighted by molar-refractivity contribution is 7.80. The summed E-state index contributed by atoms with van der Waals surface area (Å²) in [6, 6.07) is 13.0. The molecule has 0 aliphatic heterocycles. The monoisotopic (exact) mass is 288 g/mol. The van der Waals surface area contributed by atoms with Gasteiger partial charge in [-0.15, -0.1) is 0 Å². The Hall–Kier alpha value is -1.94. The van der Waals surface area contributed by atoms with E-state index in [-0.39, 0.29) is 10.8 Å². The fourth-order valence-corrected chi connectivity index (χ4v) is 2.15. The lowest BCUT2D eigenvalue weighted by molar-refractivity contribution is 0.630. The van der Waals surface area contributed by atoms with Gasteiger partial charge in [0.25, 0.3) is 0 Å². The molecule has 0 radical (unpaired) electrons. The molecule has 0 aliphatic rings. The van der Waals surface area contributed by atoms with Crippen LogP contribution in [0.5, 0.6) is 0 Å². The molecule has 2 rings (SSSR count). The molecular weight excluding hydrogens is 271 g/mol. The third kappa shape index (κ3) is 3.78. The topological polar surface area (TPSA) is 38.0 Å². The fourth-order valence-electron chi connectivity index (χ4n) is 2.02. The van der Waals surface area contributed by atoms with Crippen molar-refractivity contribution < 1.29 is 4.39 Å². The maximum atomic E-state index is 13.8. The lowest BCUT2D eigenvalue weighted by Crippen LogP contribution is -2.11. The lowest BCUT2D eigenvalue weighted by atomic mass is 10.1. The van der Waals surface area contributed by atoms with Crippen molar-refractivity contribution in [2.75, 3.05) is 11.9 Å². The molecule has 0 heterocycles. The Kier molecular flexibility index (Phi) is 4.69. The Labute approximate surface area is 123 Å². The second kappa shape index (κ2) is 6.48. The van der Waals surface area contributed by atoms with Crippen molar-refractivity contribution in [1.29, 1.82) is 0 Å². The number of nitrogens with one attached hydrogen (secondary N) is 1. The molecular formula is C16H17FN2S. The van der Waals surface area contributed by atoms with Crippen molar-refractivity contribution in [2.45, 2.75) is 13.3 Å². The molecule has 0 atom stereocenters. The van der Waals surface area contributed by atoms with Gasteiger partial charge in [0.2, 0.25) is 0 Å². The second-order valence-electron chi connectivity index (χ2n) is 4.72. The molecule has 0 aromatic heterocycles. The van der Waals surface area contributed by atoms with Gasteiger partial charge in [0.1, 0.15) is 10.8 Å². The molecule has 0 aliphatic carbocycles. The first-order valence-corrected chi connectivity index (χ1v) is 6.86. The summed E-state index contributed by atoms with van der Waals surface area (Å²) < 4.78 is 13.8. The molecule has 0 saturated heterocycles. The quantitative estimate of drug-likeness (QED) is 0.828.